The van der Waals surface area contributed by atoms with Crippen molar-refractivity contribution >= 4 is 11.9 Å². The standard InChI is InChI=1S/C19H26N2O3/c1-13-8-7-11-15(13)19(2)17(23)21(18(24)20(19)3)12-16(22)14-9-5-4-6-10-14/h4-6,9-10,13,15-16,22H,7-8,11-12H2,1-3H3. The van der Waals surface area contributed by atoms with E-state index in [9.17, 15) is 14.7 Å². The van der Waals surface area contributed by atoms with E-state index >= 15 is 0 Å². The zero-order valence-corrected chi connectivity index (χ0v) is 14.6. The van der Waals surface area contributed by atoms with Crippen molar-refractivity contribution in [3.8, 4) is 0 Å². The summed E-state index contributed by atoms with van der Waals surface area (Å²) < 4.78 is 0. The van der Waals surface area contributed by atoms with Crippen molar-refractivity contribution in [1.29, 1.82) is 0 Å². The largest absolute Gasteiger partial charge is 0.387 e. The number of carbonyl (C=O) groups is 2. The van der Waals surface area contributed by atoms with Crippen LogP contribution in [0.15, 0.2) is 30.3 Å². The number of likely N-dealkylation sites (N-methyl/N-ethyl adjacent to an activating group) is 1. The fourth-order valence-electron chi connectivity index (χ4n) is 4.39. The van der Waals surface area contributed by atoms with Crippen LogP contribution in [0, 0.1) is 11.8 Å². The number of carbonyl (C=O) groups excluding carboxylic acids is 2. The third-order valence-corrected chi connectivity index (χ3v) is 6.02. The highest BCUT2D eigenvalue weighted by molar-refractivity contribution is 6.07. The van der Waals surface area contributed by atoms with Crippen LogP contribution in [0.5, 0.6) is 0 Å². The molecule has 1 aliphatic carbocycles. The molecule has 1 saturated heterocycles. The van der Waals surface area contributed by atoms with Gasteiger partial charge in [-0.2, -0.15) is 0 Å². The number of urea groups is 1. The molecule has 3 rings (SSSR count). The van der Waals surface area contributed by atoms with E-state index in [-0.39, 0.29) is 24.4 Å². The van der Waals surface area contributed by atoms with E-state index in [0.717, 1.165) is 19.3 Å². The zero-order chi connectivity index (χ0) is 17.5. The molecular weight excluding hydrogens is 304 g/mol. The monoisotopic (exact) mass is 330 g/mol. The Morgan fingerprint density at radius 2 is 1.92 bits per heavy atom. The molecule has 2 fully saturated rings. The van der Waals surface area contributed by atoms with Crippen molar-refractivity contribution in [2.45, 2.75) is 44.8 Å². The van der Waals surface area contributed by atoms with E-state index in [0.29, 0.717) is 11.5 Å². The highest BCUT2D eigenvalue weighted by Crippen LogP contribution is 2.45. The molecule has 0 spiro atoms. The summed E-state index contributed by atoms with van der Waals surface area (Å²) in [5.74, 6) is 0.426. The first-order valence-electron chi connectivity index (χ1n) is 8.70. The molecule has 4 atom stereocenters. The van der Waals surface area contributed by atoms with Gasteiger partial charge in [-0.15, -0.1) is 0 Å². The smallest absolute Gasteiger partial charge is 0.327 e. The minimum Gasteiger partial charge on any atom is -0.387 e. The zero-order valence-electron chi connectivity index (χ0n) is 14.6. The molecule has 1 N–H and O–H groups in total. The first-order valence-corrected chi connectivity index (χ1v) is 8.70. The normalized spacial score (nSPS) is 31.8. The second kappa shape index (κ2) is 6.20. The lowest BCUT2D eigenvalue weighted by molar-refractivity contribution is -0.136. The van der Waals surface area contributed by atoms with Crippen LogP contribution in [0.25, 0.3) is 0 Å². The maximum absolute atomic E-state index is 13.1. The van der Waals surface area contributed by atoms with Gasteiger partial charge in [0, 0.05) is 7.05 Å². The molecule has 5 nitrogen and oxygen atoms in total. The molecule has 1 aromatic rings. The number of nitrogens with zero attached hydrogens (tertiary/aromatic N) is 2. The van der Waals surface area contributed by atoms with Gasteiger partial charge in [-0.3, -0.25) is 9.69 Å². The average Bonchev–Trinajstić information content (AvgIpc) is 3.09. The Labute approximate surface area is 143 Å². The second-order valence-electron chi connectivity index (χ2n) is 7.35. The second-order valence-corrected chi connectivity index (χ2v) is 7.35. The van der Waals surface area contributed by atoms with Gasteiger partial charge in [0.2, 0.25) is 0 Å². The van der Waals surface area contributed by atoms with Gasteiger partial charge in [0.1, 0.15) is 5.54 Å². The van der Waals surface area contributed by atoms with Crippen LogP contribution < -0.4 is 0 Å². The quantitative estimate of drug-likeness (QED) is 0.864. The summed E-state index contributed by atoms with van der Waals surface area (Å²) in [5.41, 5.74) is -0.0905. The average molecular weight is 330 g/mol. The lowest BCUT2D eigenvalue weighted by Crippen LogP contribution is -2.52. The molecule has 0 bridgehead atoms. The molecule has 5 heteroatoms. The van der Waals surface area contributed by atoms with Crippen molar-refractivity contribution in [3.63, 3.8) is 0 Å². The van der Waals surface area contributed by atoms with Crippen molar-refractivity contribution in [3.05, 3.63) is 35.9 Å². The van der Waals surface area contributed by atoms with Gasteiger partial charge < -0.3 is 10.0 Å². The summed E-state index contributed by atoms with van der Waals surface area (Å²) in [5, 5.41) is 10.4. The van der Waals surface area contributed by atoms with Crippen molar-refractivity contribution < 1.29 is 14.7 Å². The number of hydrogen-bond acceptors (Lipinski definition) is 3. The molecule has 4 unspecified atom stereocenters. The third-order valence-electron chi connectivity index (χ3n) is 6.02. The van der Waals surface area contributed by atoms with Gasteiger partial charge >= 0.3 is 6.03 Å². The lowest BCUT2D eigenvalue weighted by Gasteiger charge is -2.36. The molecule has 2 aliphatic rings. The summed E-state index contributed by atoms with van der Waals surface area (Å²) in [4.78, 5) is 28.6. The van der Waals surface area contributed by atoms with E-state index in [1.807, 2.05) is 25.1 Å². The Morgan fingerprint density at radius 3 is 2.50 bits per heavy atom. The predicted octanol–water partition coefficient (Wildman–Crippen LogP) is 2.81. The summed E-state index contributed by atoms with van der Waals surface area (Å²) >= 11 is 0. The fraction of sp³-hybridized carbons (Fsp3) is 0.579. The SMILES string of the molecule is CC1CCCC1C1(C)C(=O)N(CC(O)c2ccccc2)C(=O)N1C. The minimum atomic E-state index is -0.865. The number of benzene rings is 1. The number of aliphatic hydroxyl groups excluding tert-OH is 1. The van der Waals surface area contributed by atoms with Crippen LogP contribution in [0.3, 0.4) is 0 Å². The van der Waals surface area contributed by atoms with Crippen LogP contribution in [0.4, 0.5) is 4.79 Å². The summed E-state index contributed by atoms with van der Waals surface area (Å²) in [6.07, 6.45) is 2.30. The Hall–Kier alpha value is -1.88. The Balaban J connectivity index is 1.83. The number of β-amino-alcohol motifs (C(OH)–C–C–N with tert-alkyl or cyclic N) is 1. The number of imide groups is 1. The van der Waals surface area contributed by atoms with Gasteiger partial charge in [-0.1, -0.05) is 50.1 Å². The van der Waals surface area contributed by atoms with Gasteiger partial charge in [0.05, 0.1) is 12.6 Å². The highest BCUT2D eigenvalue weighted by Gasteiger charge is 2.58. The van der Waals surface area contributed by atoms with Crippen molar-refractivity contribution in [2.24, 2.45) is 11.8 Å². The first kappa shape index (κ1) is 17.0. The summed E-state index contributed by atoms with van der Waals surface area (Å²) in [6, 6.07) is 8.84. The maximum Gasteiger partial charge on any atom is 0.327 e. The molecule has 1 aromatic carbocycles. The predicted molar refractivity (Wildman–Crippen MR) is 91.2 cm³/mol. The Kier molecular flexibility index (Phi) is 4.38. The van der Waals surface area contributed by atoms with Crippen molar-refractivity contribution in [2.75, 3.05) is 13.6 Å². The fourth-order valence-corrected chi connectivity index (χ4v) is 4.39. The topological polar surface area (TPSA) is 60.9 Å². The molecule has 1 saturated carbocycles. The third kappa shape index (κ3) is 2.51. The van der Waals surface area contributed by atoms with Crippen LogP contribution in [-0.2, 0) is 4.79 Å². The maximum atomic E-state index is 13.1. The van der Waals surface area contributed by atoms with Gasteiger partial charge in [-0.25, -0.2) is 4.79 Å². The highest BCUT2D eigenvalue weighted by atomic mass is 16.3. The van der Waals surface area contributed by atoms with Crippen LogP contribution >= 0.6 is 0 Å². The molecule has 3 amide bonds. The number of hydrogen-bond donors (Lipinski definition) is 1. The van der Waals surface area contributed by atoms with E-state index in [4.69, 9.17) is 0 Å². The Bertz CT molecular complexity index is 633. The number of rotatable bonds is 4. The summed E-state index contributed by atoms with van der Waals surface area (Å²) in [7, 11) is 1.71. The van der Waals surface area contributed by atoms with E-state index < -0.39 is 11.6 Å². The Morgan fingerprint density at radius 1 is 1.25 bits per heavy atom. The van der Waals surface area contributed by atoms with E-state index in [2.05, 4.69) is 6.92 Å². The molecular formula is C19H26N2O3. The molecule has 1 aliphatic heterocycles. The molecule has 1 heterocycles. The number of amides is 3. The first-order chi connectivity index (χ1) is 11.4. The van der Waals surface area contributed by atoms with Crippen molar-refractivity contribution in [1.82, 2.24) is 9.80 Å². The van der Waals surface area contributed by atoms with Gasteiger partial charge in [-0.05, 0) is 30.7 Å². The lowest BCUT2D eigenvalue weighted by atomic mass is 9.78. The summed E-state index contributed by atoms with van der Waals surface area (Å²) in [6.45, 7) is 4.05. The molecule has 130 valence electrons. The van der Waals surface area contributed by atoms with Gasteiger partial charge in [0.15, 0.2) is 0 Å². The van der Waals surface area contributed by atoms with Crippen LogP contribution in [0.2, 0.25) is 0 Å². The minimum absolute atomic E-state index is 0.00269. The molecule has 24 heavy (non-hydrogen) atoms. The van der Waals surface area contributed by atoms with E-state index in [1.54, 1.807) is 24.1 Å². The number of aliphatic hydroxyl groups is 1. The van der Waals surface area contributed by atoms with E-state index in [1.165, 1.54) is 4.90 Å². The van der Waals surface area contributed by atoms with Gasteiger partial charge in [0.25, 0.3) is 5.91 Å². The molecule has 0 radical (unpaired) electrons. The van der Waals surface area contributed by atoms with Crippen LogP contribution in [0.1, 0.15) is 44.8 Å². The molecule has 0 aromatic heterocycles. The van der Waals surface area contributed by atoms with Crippen LogP contribution in [-0.4, -0.2) is 46.0 Å².